The number of unbranched alkanes of at least 4 members (excludes halogenated alkanes) is 1. The number of nitrogens with one attached hydrogen (secondary N) is 1. The van der Waals surface area contributed by atoms with Crippen molar-refractivity contribution in [1.29, 1.82) is 0 Å². The van der Waals surface area contributed by atoms with Gasteiger partial charge in [-0.2, -0.15) is 4.57 Å². The van der Waals surface area contributed by atoms with Crippen LogP contribution in [-0.2, 0) is 19.4 Å². The van der Waals surface area contributed by atoms with Crippen molar-refractivity contribution in [3.63, 3.8) is 0 Å². The molecular formula is C33H37N2O3+. The summed E-state index contributed by atoms with van der Waals surface area (Å²) in [5.41, 5.74) is 8.94. The number of aryl methyl sites for hydroxylation is 2. The van der Waals surface area contributed by atoms with Crippen LogP contribution in [0.3, 0.4) is 0 Å². The molecule has 0 spiro atoms. The van der Waals surface area contributed by atoms with Gasteiger partial charge >= 0.3 is 0 Å². The van der Waals surface area contributed by atoms with Crippen LogP contribution in [-0.4, -0.2) is 20.4 Å². The average Bonchev–Trinajstić information content (AvgIpc) is 3.39. The van der Waals surface area contributed by atoms with Gasteiger partial charge < -0.3 is 19.5 Å². The van der Waals surface area contributed by atoms with Crippen molar-refractivity contribution in [1.82, 2.24) is 0 Å². The van der Waals surface area contributed by atoms with E-state index in [0.717, 1.165) is 61.7 Å². The van der Waals surface area contributed by atoms with E-state index < -0.39 is 0 Å². The van der Waals surface area contributed by atoms with E-state index in [1.54, 1.807) is 7.11 Å². The molecular weight excluding hydrogens is 472 g/mol. The number of benzene rings is 3. The molecule has 1 N–H and O–H groups in total. The van der Waals surface area contributed by atoms with Crippen molar-refractivity contribution in [3.8, 4) is 28.5 Å². The zero-order valence-electron chi connectivity index (χ0n) is 22.9. The van der Waals surface area contributed by atoms with E-state index in [4.69, 9.17) is 14.2 Å². The van der Waals surface area contributed by atoms with Gasteiger partial charge in [-0.15, -0.1) is 0 Å². The Balaban J connectivity index is 1.57. The summed E-state index contributed by atoms with van der Waals surface area (Å²) in [6, 6.07) is 17.8. The molecule has 4 aromatic rings. The quantitative estimate of drug-likeness (QED) is 0.205. The highest BCUT2D eigenvalue weighted by molar-refractivity contribution is 6.00. The normalized spacial score (nSPS) is 13.5. The standard InChI is InChI=1S/C33H36N2O3/c1-5-6-14-34-32-28-19-35-15-13-24-17-30-31(38-20-37-30)18-26(24)33(35)27(25(28)11-12-29(32)36-4)16-22-7-9-23(10-8-22)21(2)3/h7-12,17-19,21H,5-6,13-16,20H2,1-4H3/p+1. The summed E-state index contributed by atoms with van der Waals surface area (Å²) in [6.07, 6.45) is 6.39. The summed E-state index contributed by atoms with van der Waals surface area (Å²) in [5.74, 6) is 3.10. The Morgan fingerprint density at radius 1 is 1.00 bits per heavy atom. The van der Waals surface area contributed by atoms with Crippen LogP contribution in [0.15, 0.2) is 54.7 Å². The molecule has 5 heteroatoms. The van der Waals surface area contributed by atoms with E-state index in [1.165, 1.54) is 44.3 Å². The molecule has 3 aromatic carbocycles. The zero-order valence-corrected chi connectivity index (χ0v) is 22.9. The lowest BCUT2D eigenvalue weighted by molar-refractivity contribution is -0.686. The van der Waals surface area contributed by atoms with Crippen LogP contribution in [0.4, 0.5) is 5.69 Å². The molecule has 0 bridgehead atoms. The molecule has 1 aromatic heterocycles. The number of hydrogen-bond acceptors (Lipinski definition) is 4. The van der Waals surface area contributed by atoms with E-state index in [-0.39, 0.29) is 6.79 Å². The molecule has 6 rings (SSSR count). The lowest BCUT2D eigenvalue weighted by Gasteiger charge is -2.22. The van der Waals surface area contributed by atoms with Crippen LogP contribution in [0.5, 0.6) is 17.2 Å². The van der Waals surface area contributed by atoms with Gasteiger partial charge in [0, 0.05) is 30.3 Å². The monoisotopic (exact) mass is 509 g/mol. The fourth-order valence-electron chi connectivity index (χ4n) is 5.81. The zero-order chi connectivity index (χ0) is 26.2. The third-order valence-electron chi connectivity index (χ3n) is 7.95. The van der Waals surface area contributed by atoms with Gasteiger partial charge in [-0.3, -0.25) is 0 Å². The molecule has 38 heavy (non-hydrogen) atoms. The number of anilines is 1. The number of fused-ring (bicyclic) bond motifs is 5. The Bertz CT molecular complexity index is 1490. The minimum absolute atomic E-state index is 0.289. The molecule has 0 radical (unpaired) electrons. The molecule has 0 atom stereocenters. The Morgan fingerprint density at radius 2 is 1.79 bits per heavy atom. The number of ether oxygens (including phenoxy) is 3. The van der Waals surface area contributed by atoms with Gasteiger partial charge in [-0.1, -0.05) is 51.5 Å². The molecule has 0 saturated heterocycles. The number of pyridine rings is 1. The van der Waals surface area contributed by atoms with Crippen LogP contribution in [0.2, 0.25) is 0 Å². The first kappa shape index (κ1) is 24.6. The van der Waals surface area contributed by atoms with Gasteiger partial charge in [0.25, 0.3) is 0 Å². The van der Waals surface area contributed by atoms with E-state index in [0.29, 0.717) is 5.92 Å². The number of nitrogens with zero attached hydrogens (tertiary/aromatic N) is 1. The first-order valence-electron chi connectivity index (χ1n) is 13.9. The maximum Gasteiger partial charge on any atom is 0.231 e. The van der Waals surface area contributed by atoms with Crippen LogP contribution < -0.4 is 24.1 Å². The second-order valence-electron chi connectivity index (χ2n) is 10.7. The first-order chi connectivity index (χ1) is 18.6. The summed E-state index contributed by atoms with van der Waals surface area (Å²) in [4.78, 5) is 0. The van der Waals surface area contributed by atoms with Gasteiger partial charge in [-0.25, -0.2) is 0 Å². The van der Waals surface area contributed by atoms with E-state index in [9.17, 15) is 0 Å². The van der Waals surface area contributed by atoms with Crippen molar-refractivity contribution < 1.29 is 18.8 Å². The van der Waals surface area contributed by atoms with Gasteiger partial charge in [0.2, 0.25) is 12.5 Å². The second kappa shape index (κ2) is 10.2. The minimum Gasteiger partial charge on any atom is -0.495 e. The fourth-order valence-corrected chi connectivity index (χ4v) is 5.81. The number of hydrogen-bond donors (Lipinski definition) is 1. The molecule has 2 aliphatic heterocycles. The first-order valence-corrected chi connectivity index (χ1v) is 13.9. The van der Waals surface area contributed by atoms with E-state index >= 15 is 0 Å². The maximum absolute atomic E-state index is 5.83. The Kier molecular flexibility index (Phi) is 6.61. The van der Waals surface area contributed by atoms with Crippen molar-refractivity contribution >= 4 is 16.5 Å². The fraction of sp³-hybridized carbons (Fsp3) is 0.364. The molecule has 196 valence electrons. The van der Waals surface area contributed by atoms with Crippen molar-refractivity contribution in [2.45, 2.75) is 58.9 Å². The SMILES string of the molecule is CCCCNc1c(OC)ccc2c(Cc3ccc(C(C)C)cc3)c3[n+](cc12)CCc1cc2c(cc1-3)OCO2. The number of methoxy groups -OCH3 is 1. The molecule has 0 fully saturated rings. The molecule has 5 nitrogen and oxygen atoms in total. The Labute approximate surface area is 225 Å². The van der Waals surface area contributed by atoms with Crippen molar-refractivity contribution in [3.05, 3.63) is 77.0 Å². The van der Waals surface area contributed by atoms with Gasteiger partial charge in [0.05, 0.1) is 23.7 Å². The third-order valence-corrected chi connectivity index (χ3v) is 7.95. The number of rotatable bonds is 8. The van der Waals surface area contributed by atoms with Crippen LogP contribution in [0.1, 0.15) is 61.8 Å². The van der Waals surface area contributed by atoms with Crippen molar-refractivity contribution in [2.75, 3.05) is 25.8 Å². The highest BCUT2D eigenvalue weighted by atomic mass is 16.7. The summed E-state index contributed by atoms with van der Waals surface area (Å²) in [6.45, 7) is 8.84. The van der Waals surface area contributed by atoms with Crippen molar-refractivity contribution in [2.24, 2.45) is 0 Å². The minimum atomic E-state index is 0.289. The summed E-state index contributed by atoms with van der Waals surface area (Å²) >= 11 is 0. The molecule has 2 aliphatic rings. The lowest BCUT2D eigenvalue weighted by Crippen LogP contribution is -2.41. The smallest absolute Gasteiger partial charge is 0.231 e. The Hall–Kier alpha value is -3.73. The summed E-state index contributed by atoms with van der Waals surface area (Å²) < 4.78 is 19.8. The average molecular weight is 510 g/mol. The van der Waals surface area contributed by atoms with Crippen LogP contribution >= 0.6 is 0 Å². The molecule has 0 amide bonds. The molecule has 0 aliphatic carbocycles. The topological polar surface area (TPSA) is 43.6 Å². The van der Waals surface area contributed by atoms with Gasteiger partial charge in [0.1, 0.15) is 5.75 Å². The molecule has 3 heterocycles. The highest BCUT2D eigenvalue weighted by Gasteiger charge is 2.32. The molecule has 0 unspecified atom stereocenters. The lowest BCUT2D eigenvalue weighted by atomic mass is 9.88. The largest absolute Gasteiger partial charge is 0.495 e. The Morgan fingerprint density at radius 3 is 2.53 bits per heavy atom. The van der Waals surface area contributed by atoms with Crippen LogP contribution in [0, 0.1) is 0 Å². The predicted molar refractivity (Wildman–Crippen MR) is 153 cm³/mol. The van der Waals surface area contributed by atoms with Gasteiger partial charge in [-0.05, 0) is 53.3 Å². The predicted octanol–water partition coefficient (Wildman–Crippen LogP) is 7.01. The summed E-state index contributed by atoms with van der Waals surface area (Å²) in [5, 5.41) is 6.17. The van der Waals surface area contributed by atoms with E-state index in [1.807, 2.05) is 0 Å². The van der Waals surface area contributed by atoms with Crippen LogP contribution in [0.25, 0.3) is 22.0 Å². The number of aromatic nitrogens is 1. The highest BCUT2D eigenvalue weighted by Crippen LogP contribution is 2.43. The second-order valence-corrected chi connectivity index (χ2v) is 10.7. The third kappa shape index (κ3) is 4.34. The molecule has 0 saturated carbocycles. The maximum atomic E-state index is 5.83. The van der Waals surface area contributed by atoms with E-state index in [2.05, 4.69) is 85.4 Å². The van der Waals surface area contributed by atoms with Gasteiger partial charge in [0.15, 0.2) is 24.2 Å². The summed E-state index contributed by atoms with van der Waals surface area (Å²) in [7, 11) is 1.76.